The molecule has 1 amide bonds. The van der Waals surface area contributed by atoms with Gasteiger partial charge in [0.05, 0.1) is 20.9 Å². The van der Waals surface area contributed by atoms with Crippen LogP contribution in [-0.4, -0.2) is 10.5 Å². The fraction of sp³-hybridized carbons (Fsp3) is 0.0882. The smallest absolute Gasteiger partial charge is 0.273 e. The van der Waals surface area contributed by atoms with Crippen molar-refractivity contribution in [3.8, 4) is 17.5 Å². The van der Waals surface area contributed by atoms with Gasteiger partial charge in [-0.3, -0.25) is 14.2 Å². The highest BCUT2D eigenvalue weighted by molar-refractivity contribution is 7.07. The van der Waals surface area contributed by atoms with Crippen LogP contribution < -0.4 is 24.8 Å². The van der Waals surface area contributed by atoms with Crippen molar-refractivity contribution in [2.24, 2.45) is 0 Å². The third-order valence-electron chi connectivity index (χ3n) is 6.51. The average Bonchev–Trinajstić information content (AvgIpc) is 3.30. The third kappa shape index (κ3) is 6.36. The van der Waals surface area contributed by atoms with Gasteiger partial charge in [0.2, 0.25) is 0 Å². The molecule has 0 fully saturated rings. The second kappa shape index (κ2) is 12.7. The molecular formula is C34H26ClN3O3S. The monoisotopic (exact) mass is 591 g/mol. The molecule has 0 aliphatic rings. The molecule has 0 aliphatic heterocycles. The summed E-state index contributed by atoms with van der Waals surface area (Å²) < 4.78 is 8.00. The Morgan fingerprint density at radius 1 is 1.00 bits per heavy atom. The van der Waals surface area contributed by atoms with Crippen LogP contribution in [0.25, 0.3) is 17.3 Å². The maximum atomic E-state index is 13.9. The molecule has 4 aromatic carbocycles. The number of carbonyl (C=O) groups is 1. The van der Waals surface area contributed by atoms with Gasteiger partial charge in [-0.25, -0.2) is 0 Å². The Balaban J connectivity index is 1.64. The summed E-state index contributed by atoms with van der Waals surface area (Å²) in [6, 6.07) is 31.8. The molecule has 8 heteroatoms. The number of nitrogens with zero attached hydrogens (tertiary/aromatic N) is 2. The number of halogens is 1. The lowest BCUT2D eigenvalue weighted by atomic mass is 10.1. The molecule has 1 N–H and O–H groups in total. The first-order valence-corrected chi connectivity index (χ1v) is 14.3. The van der Waals surface area contributed by atoms with Gasteiger partial charge in [0.15, 0.2) is 5.57 Å². The molecule has 1 aromatic heterocycles. The molecule has 0 atom stereocenters. The fourth-order valence-corrected chi connectivity index (χ4v) is 5.64. The highest BCUT2D eigenvalue weighted by Crippen LogP contribution is 2.21. The molecule has 6 nitrogen and oxygen atoms in total. The van der Waals surface area contributed by atoms with Gasteiger partial charge in [0.1, 0.15) is 23.1 Å². The number of para-hydroxylation sites is 1. The van der Waals surface area contributed by atoms with Crippen LogP contribution in [0, 0.1) is 25.2 Å². The summed E-state index contributed by atoms with van der Waals surface area (Å²) in [5.74, 6) is -0.00334. The van der Waals surface area contributed by atoms with Gasteiger partial charge in [0.25, 0.3) is 11.5 Å². The molecule has 0 unspecified atom stereocenters. The summed E-state index contributed by atoms with van der Waals surface area (Å²) >= 11 is 7.33. The van der Waals surface area contributed by atoms with Gasteiger partial charge in [-0.2, -0.15) is 5.26 Å². The number of hydrogen-bond donors (Lipinski definition) is 1. The van der Waals surface area contributed by atoms with E-state index >= 15 is 0 Å². The van der Waals surface area contributed by atoms with Crippen molar-refractivity contribution in [3.63, 3.8) is 0 Å². The minimum Gasteiger partial charge on any atom is -0.489 e. The molecule has 0 saturated heterocycles. The number of nitriles is 1. The number of rotatable bonds is 7. The van der Waals surface area contributed by atoms with Gasteiger partial charge in [-0.05, 0) is 72.5 Å². The predicted octanol–water partition coefficient (Wildman–Crippen LogP) is 5.89. The number of aryl methyl sites for hydroxylation is 2. The number of carbonyl (C=O) groups excluding carboxylic acids is 1. The minimum atomic E-state index is -0.659. The van der Waals surface area contributed by atoms with Crippen LogP contribution in [0.1, 0.15) is 22.3 Å². The van der Waals surface area contributed by atoms with Crippen LogP contribution in [0.4, 0.5) is 5.69 Å². The molecule has 0 bridgehead atoms. The molecule has 208 valence electrons. The van der Waals surface area contributed by atoms with Gasteiger partial charge in [-0.15, -0.1) is 11.3 Å². The van der Waals surface area contributed by atoms with Crippen LogP contribution in [0.2, 0.25) is 5.02 Å². The van der Waals surface area contributed by atoms with Crippen LogP contribution in [0.15, 0.2) is 102 Å². The van der Waals surface area contributed by atoms with Crippen LogP contribution in [0.3, 0.4) is 0 Å². The summed E-state index contributed by atoms with van der Waals surface area (Å²) in [6.45, 7) is 4.22. The molecule has 5 rings (SSSR count). The van der Waals surface area contributed by atoms with Crippen molar-refractivity contribution in [2.75, 3.05) is 5.32 Å². The van der Waals surface area contributed by atoms with Gasteiger partial charge >= 0.3 is 0 Å². The SMILES string of the molecule is Cc1ccc(C)c(-n2c(=O)/c(=C\c3cccc(OCc4ccccc4)c3)s/c2=C(/C#N)C(=O)Nc2ccccc2Cl)c1. The molecule has 42 heavy (non-hydrogen) atoms. The third-order valence-corrected chi connectivity index (χ3v) is 7.93. The summed E-state index contributed by atoms with van der Waals surface area (Å²) in [5.41, 5.74) is 3.99. The van der Waals surface area contributed by atoms with E-state index in [9.17, 15) is 14.9 Å². The van der Waals surface area contributed by atoms with Crippen molar-refractivity contribution < 1.29 is 9.53 Å². The zero-order chi connectivity index (χ0) is 29.6. The molecule has 0 saturated carbocycles. The summed E-state index contributed by atoms with van der Waals surface area (Å²) in [6.07, 6.45) is 1.74. The highest BCUT2D eigenvalue weighted by Gasteiger charge is 2.19. The largest absolute Gasteiger partial charge is 0.489 e. The normalized spacial score (nSPS) is 12.0. The standard InChI is InChI=1S/C34H26ClN3O3S/c1-22-15-16-23(2)30(17-22)38-33(40)31(19-25-11-8-12-26(18-25)41-21-24-9-4-3-5-10-24)42-34(38)27(20-36)32(39)37-29-14-7-6-13-28(29)35/h3-19H,21H2,1-2H3,(H,37,39)/b31-19+,34-27-. The number of aromatic nitrogens is 1. The Bertz CT molecular complexity index is 2010. The summed E-state index contributed by atoms with van der Waals surface area (Å²) in [4.78, 5) is 27.3. The lowest BCUT2D eigenvalue weighted by Crippen LogP contribution is -2.32. The van der Waals surface area contributed by atoms with Crippen LogP contribution >= 0.6 is 22.9 Å². The Labute approximate surface area is 252 Å². The number of anilines is 1. The summed E-state index contributed by atoms with van der Waals surface area (Å²) in [5, 5.41) is 13.2. The Hall–Kier alpha value is -4.90. The number of thiazole rings is 1. The van der Waals surface area contributed by atoms with Crippen molar-refractivity contribution >= 4 is 46.2 Å². The van der Waals surface area contributed by atoms with Crippen molar-refractivity contribution in [1.82, 2.24) is 4.57 Å². The zero-order valence-electron chi connectivity index (χ0n) is 22.9. The Kier molecular flexibility index (Phi) is 8.68. The Morgan fingerprint density at radius 3 is 2.52 bits per heavy atom. The minimum absolute atomic E-state index is 0.197. The van der Waals surface area contributed by atoms with E-state index < -0.39 is 5.91 Å². The molecule has 5 aromatic rings. The first-order chi connectivity index (χ1) is 20.3. The van der Waals surface area contributed by atoms with E-state index in [2.05, 4.69) is 5.32 Å². The first kappa shape index (κ1) is 28.6. The maximum Gasteiger partial charge on any atom is 0.273 e. The van der Waals surface area contributed by atoms with E-state index in [1.54, 1.807) is 30.3 Å². The first-order valence-electron chi connectivity index (χ1n) is 13.1. The van der Waals surface area contributed by atoms with E-state index in [-0.39, 0.29) is 15.8 Å². The number of hydrogen-bond acceptors (Lipinski definition) is 5. The van der Waals surface area contributed by atoms with Gasteiger partial charge in [0, 0.05) is 0 Å². The molecular weight excluding hydrogens is 566 g/mol. The maximum absolute atomic E-state index is 13.9. The molecule has 0 aliphatic carbocycles. The second-order valence-electron chi connectivity index (χ2n) is 9.61. The van der Waals surface area contributed by atoms with Crippen molar-refractivity contribution in [2.45, 2.75) is 20.5 Å². The number of benzene rings is 4. The molecule has 1 heterocycles. The number of amides is 1. The van der Waals surface area contributed by atoms with Crippen molar-refractivity contribution in [1.29, 1.82) is 5.26 Å². The van der Waals surface area contributed by atoms with Crippen molar-refractivity contribution in [3.05, 3.63) is 144 Å². The number of nitrogens with one attached hydrogen (secondary N) is 1. The zero-order valence-corrected chi connectivity index (χ0v) is 24.5. The lowest BCUT2D eigenvalue weighted by molar-refractivity contribution is -0.111. The molecule has 0 spiro atoms. The van der Waals surface area contributed by atoms with Crippen LogP contribution in [0.5, 0.6) is 5.75 Å². The molecule has 0 radical (unpaired) electrons. The predicted molar refractivity (Wildman–Crippen MR) is 169 cm³/mol. The highest BCUT2D eigenvalue weighted by atomic mass is 35.5. The average molecular weight is 592 g/mol. The van der Waals surface area contributed by atoms with E-state index in [1.165, 1.54) is 4.57 Å². The second-order valence-corrected chi connectivity index (χ2v) is 11.1. The topological polar surface area (TPSA) is 84.1 Å². The summed E-state index contributed by atoms with van der Waals surface area (Å²) in [7, 11) is 0. The van der Waals surface area contributed by atoms with Gasteiger partial charge in [-0.1, -0.05) is 78.3 Å². The van der Waals surface area contributed by atoms with E-state index in [1.807, 2.05) is 92.7 Å². The number of ether oxygens (including phenoxy) is 1. The van der Waals surface area contributed by atoms with E-state index in [4.69, 9.17) is 16.3 Å². The van der Waals surface area contributed by atoms with E-state index in [0.29, 0.717) is 33.3 Å². The quantitative estimate of drug-likeness (QED) is 0.256. The fourth-order valence-electron chi connectivity index (χ4n) is 4.36. The lowest BCUT2D eigenvalue weighted by Gasteiger charge is -2.09. The van der Waals surface area contributed by atoms with E-state index in [0.717, 1.165) is 33.6 Å². The van der Waals surface area contributed by atoms with Crippen LogP contribution in [-0.2, 0) is 11.4 Å². The Morgan fingerprint density at radius 2 is 1.76 bits per heavy atom. The van der Waals surface area contributed by atoms with Gasteiger partial charge < -0.3 is 10.1 Å².